The van der Waals surface area contributed by atoms with E-state index in [4.69, 9.17) is 15.2 Å². The molecule has 4 nitrogen and oxygen atoms in total. The minimum absolute atomic E-state index is 0.0171. The molecule has 1 unspecified atom stereocenters. The SMILES string of the molecule is COCC(C)Oc1cccnc1N. The molecule has 0 aliphatic carbocycles. The van der Waals surface area contributed by atoms with Crippen molar-refractivity contribution in [3.8, 4) is 5.75 Å². The Morgan fingerprint density at radius 2 is 2.38 bits per heavy atom. The first kappa shape index (κ1) is 9.80. The summed E-state index contributed by atoms with van der Waals surface area (Å²) in [6.45, 7) is 2.45. The molecule has 0 bridgehead atoms. The quantitative estimate of drug-likeness (QED) is 0.757. The average molecular weight is 182 g/mol. The van der Waals surface area contributed by atoms with E-state index in [9.17, 15) is 0 Å². The number of nitrogens with two attached hydrogens (primary N) is 1. The van der Waals surface area contributed by atoms with Gasteiger partial charge in [-0.1, -0.05) is 0 Å². The molecule has 1 rings (SSSR count). The first-order valence-corrected chi connectivity index (χ1v) is 4.10. The normalized spacial score (nSPS) is 12.5. The summed E-state index contributed by atoms with van der Waals surface area (Å²) >= 11 is 0. The fourth-order valence-corrected chi connectivity index (χ4v) is 0.988. The minimum Gasteiger partial charge on any atom is -0.484 e. The molecule has 1 aromatic rings. The van der Waals surface area contributed by atoms with Crippen LogP contribution in [0, 0.1) is 0 Å². The van der Waals surface area contributed by atoms with Crippen LogP contribution in [0.3, 0.4) is 0 Å². The summed E-state index contributed by atoms with van der Waals surface area (Å²) in [5, 5.41) is 0. The van der Waals surface area contributed by atoms with Crippen molar-refractivity contribution in [2.75, 3.05) is 19.5 Å². The number of nitrogens with zero attached hydrogens (tertiary/aromatic N) is 1. The van der Waals surface area contributed by atoms with E-state index < -0.39 is 0 Å². The summed E-state index contributed by atoms with van der Waals surface area (Å²) in [7, 11) is 1.63. The maximum Gasteiger partial charge on any atom is 0.166 e. The Bertz CT molecular complexity index is 266. The van der Waals surface area contributed by atoms with Gasteiger partial charge in [0, 0.05) is 13.3 Å². The van der Waals surface area contributed by atoms with Crippen LogP contribution in [-0.2, 0) is 4.74 Å². The third kappa shape index (κ3) is 2.91. The lowest BCUT2D eigenvalue weighted by molar-refractivity contribution is 0.0924. The van der Waals surface area contributed by atoms with Gasteiger partial charge < -0.3 is 15.2 Å². The second kappa shape index (κ2) is 4.67. The third-order valence-corrected chi connectivity index (χ3v) is 1.53. The maximum atomic E-state index is 5.59. The van der Waals surface area contributed by atoms with Crippen LogP contribution in [0.15, 0.2) is 18.3 Å². The van der Waals surface area contributed by atoms with Gasteiger partial charge in [0.25, 0.3) is 0 Å². The molecule has 1 atom stereocenters. The van der Waals surface area contributed by atoms with Crippen LogP contribution < -0.4 is 10.5 Å². The van der Waals surface area contributed by atoms with Gasteiger partial charge in [-0.2, -0.15) is 0 Å². The first-order valence-electron chi connectivity index (χ1n) is 4.10. The molecule has 72 valence electrons. The molecule has 4 heteroatoms. The fraction of sp³-hybridized carbons (Fsp3) is 0.444. The lowest BCUT2D eigenvalue weighted by Gasteiger charge is -2.14. The van der Waals surface area contributed by atoms with Crippen molar-refractivity contribution in [1.29, 1.82) is 0 Å². The number of rotatable bonds is 4. The smallest absolute Gasteiger partial charge is 0.166 e. The highest BCUT2D eigenvalue weighted by atomic mass is 16.5. The van der Waals surface area contributed by atoms with Crippen molar-refractivity contribution in [2.24, 2.45) is 0 Å². The van der Waals surface area contributed by atoms with Gasteiger partial charge in [-0.05, 0) is 19.1 Å². The Kier molecular flexibility index (Phi) is 3.52. The van der Waals surface area contributed by atoms with Gasteiger partial charge in [-0.15, -0.1) is 0 Å². The largest absolute Gasteiger partial charge is 0.484 e. The number of anilines is 1. The van der Waals surface area contributed by atoms with Gasteiger partial charge in [-0.3, -0.25) is 0 Å². The number of hydrogen-bond acceptors (Lipinski definition) is 4. The summed E-state index contributed by atoms with van der Waals surface area (Å²) in [6, 6.07) is 3.57. The molecule has 2 N–H and O–H groups in total. The van der Waals surface area contributed by atoms with E-state index in [1.54, 1.807) is 25.4 Å². The molecular formula is C9H14N2O2. The molecule has 0 aromatic carbocycles. The summed E-state index contributed by atoms with van der Waals surface area (Å²) in [6.07, 6.45) is 1.61. The van der Waals surface area contributed by atoms with Gasteiger partial charge in [0.05, 0.1) is 6.61 Å². The Labute approximate surface area is 77.7 Å². The standard InChI is InChI=1S/C9H14N2O2/c1-7(6-12-2)13-8-4-3-5-11-9(8)10/h3-5,7H,6H2,1-2H3,(H2,10,11). The molecule has 0 amide bonds. The van der Waals surface area contributed by atoms with E-state index in [0.29, 0.717) is 18.2 Å². The van der Waals surface area contributed by atoms with E-state index in [1.165, 1.54) is 0 Å². The van der Waals surface area contributed by atoms with Gasteiger partial charge in [-0.25, -0.2) is 4.98 Å². The lowest BCUT2D eigenvalue weighted by Crippen LogP contribution is -2.18. The number of aromatic nitrogens is 1. The number of hydrogen-bond donors (Lipinski definition) is 1. The Hall–Kier alpha value is -1.29. The highest BCUT2D eigenvalue weighted by Crippen LogP contribution is 2.18. The Morgan fingerprint density at radius 3 is 3.00 bits per heavy atom. The van der Waals surface area contributed by atoms with Crippen molar-refractivity contribution in [3.63, 3.8) is 0 Å². The average Bonchev–Trinajstić information content (AvgIpc) is 2.09. The number of nitrogen functional groups attached to an aromatic ring is 1. The van der Waals surface area contributed by atoms with E-state index >= 15 is 0 Å². The molecule has 0 fully saturated rings. The van der Waals surface area contributed by atoms with Gasteiger partial charge in [0.1, 0.15) is 6.10 Å². The first-order chi connectivity index (χ1) is 6.24. The zero-order chi connectivity index (χ0) is 9.68. The fourth-order valence-electron chi connectivity index (χ4n) is 0.988. The van der Waals surface area contributed by atoms with Crippen LogP contribution in [0.2, 0.25) is 0 Å². The van der Waals surface area contributed by atoms with Crippen molar-refractivity contribution in [1.82, 2.24) is 4.98 Å². The van der Waals surface area contributed by atoms with E-state index in [-0.39, 0.29) is 6.10 Å². The molecular weight excluding hydrogens is 168 g/mol. The topological polar surface area (TPSA) is 57.4 Å². The molecule has 13 heavy (non-hydrogen) atoms. The highest BCUT2D eigenvalue weighted by molar-refractivity contribution is 5.44. The summed E-state index contributed by atoms with van der Waals surface area (Å²) in [5.74, 6) is 1.01. The molecule has 0 saturated carbocycles. The van der Waals surface area contributed by atoms with Crippen LogP contribution in [0.4, 0.5) is 5.82 Å². The van der Waals surface area contributed by atoms with Crippen LogP contribution >= 0.6 is 0 Å². The lowest BCUT2D eigenvalue weighted by atomic mass is 10.4. The third-order valence-electron chi connectivity index (χ3n) is 1.53. The van der Waals surface area contributed by atoms with Gasteiger partial charge in [0.2, 0.25) is 0 Å². The predicted molar refractivity (Wildman–Crippen MR) is 50.6 cm³/mol. The Balaban J connectivity index is 2.58. The molecule has 0 saturated heterocycles. The van der Waals surface area contributed by atoms with Crippen molar-refractivity contribution < 1.29 is 9.47 Å². The van der Waals surface area contributed by atoms with E-state index in [1.807, 2.05) is 6.92 Å². The minimum atomic E-state index is -0.0171. The van der Waals surface area contributed by atoms with Gasteiger partial charge in [0.15, 0.2) is 11.6 Å². The van der Waals surface area contributed by atoms with Crippen LogP contribution in [0.25, 0.3) is 0 Å². The predicted octanol–water partition coefficient (Wildman–Crippen LogP) is 1.08. The summed E-state index contributed by atoms with van der Waals surface area (Å²) < 4.78 is 10.4. The molecule has 1 aromatic heterocycles. The van der Waals surface area contributed by atoms with Crippen molar-refractivity contribution >= 4 is 5.82 Å². The molecule has 0 aliphatic rings. The summed E-state index contributed by atoms with van der Waals surface area (Å²) in [5.41, 5.74) is 5.59. The molecule has 0 radical (unpaired) electrons. The van der Waals surface area contributed by atoms with E-state index in [0.717, 1.165) is 0 Å². The molecule has 1 heterocycles. The second-order valence-electron chi connectivity index (χ2n) is 2.77. The van der Waals surface area contributed by atoms with E-state index in [2.05, 4.69) is 4.98 Å². The second-order valence-corrected chi connectivity index (χ2v) is 2.77. The van der Waals surface area contributed by atoms with Crippen LogP contribution in [-0.4, -0.2) is 24.8 Å². The molecule has 0 aliphatic heterocycles. The Morgan fingerprint density at radius 1 is 1.62 bits per heavy atom. The molecule has 0 spiro atoms. The monoisotopic (exact) mass is 182 g/mol. The maximum absolute atomic E-state index is 5.59. The number of methoxy groups -OCH3 is 1. The van der Waals surface area contributed by atoms with Crippen molar-refractivity contribution in [2.45, 2.75) is 13.0 Å². The zero-order valence-electron chi connectivity index (χ0n) is 7.86. The van der Waals surface area contributed by atoms with Crippen LogP contribution in [0.1, 0.15) is 6.92 Å². The van der Waals surface area contributed by atoms with Crippen molar-refractivity contribution in [3.05, 3.63) is 18.3 Å². The van der Waals surface area contributed by atoms with Crippen LogP contribution in [0.5, 0.6) is 5.75 Å². The highest BCUT2D eigenvalue weighted by Gasteiger charge is 2.05. The number of pyridine rings is 1. The number of ether oxygens (including phenoxy) is 2. The van der Waals surface area contributed by atoms with Gasteiger partial charge >= 0.3 is 0 Å². The zero-order valence-corrected chi connectivity index (χ0v) is 7.86. The summed E-state index contributed by atoms with van der Waals surface area (Å²) in [4.78, 5) is 3.90.